The van der Waals surface area contributed by atoms with Crippen molar-refractivity contribution in [1.29, 1.82) is 0 Å². The third-order valence-corrected chi connectivity index (χ3v) is 3.72. The molecular formula is C19H30F2N2O2. The number of benzene rings is 1. The molecule has 0 saturated carbocycles. The van der Waals surface area contributed by atoms with Gasteiger partial charge in [0.25, 0.3) is 0 Å². The Morgan fingerprint density at radius 2 is 1.88 bits per heavy atom. The van der Waals surface area contributed by atoms with Gasteiger partial charge in [-0.3, -0.25) is 0 Å². The molecule has 1 N–H and O–H groups in total. The number of hydrogen-bond donors (Lipinski definition) is 1. The summed E-state index contributed by atoms with van der Waals surface area (Å²) in [5.74, 6) is -0.858. The fraction of sp³-hybridized carbons (Fsp3) is 0.632. The van der Waals surface area contributed by atoms with Crippen molar-refractivity contribution in [3.8, 4) is 0 Å². The minimum absolute atomic E-state index is 0.280. The summed E-state index contributed by atoms with van der Waals surface area (Å²) in [6.07, 6.45) is 0.448. The van der Waals surface area contributed by atoms with Crippen LogP contribution in [0.15, 0.2) is 12.1 Å². The van der Waals surface area contributed by atoms with Crippen LogP contribution < -0.4 is 5.32 Å². The van der Waals surface area contributed by atoms with Gasteiger partial charge in [-0.2, -0.15) is 0 Å². The van der Waals surface area contributed by atoms with Gasteiger partial charge >= 0.3 is 6.09 Å². The van der Waals surface area contributed by atoms with Crippen molar-refractivity contribution in [3.05, 3.63) is 34.9 Å². The fourth-order valence-corrected chi connectivity index (χ4v) is 2.41. The number of ether oxygens (including phenoxy) is 1. The Hall–Kier alpha value is -1.69. The number of rotatable bonds is 7. The van der Waals surface area contributed by atoms with E-state index in [9.17, 15) is 13.6 Å². The fourth-order valence-electron chi connectivity index (χ4n) is 2.41. The molecule has 0 aromatic heterocycles. The zero-order valence-electron chi connectivity index (χ0n) is 16.1. The smallest absolute Gasteiger partial charge is 0.410 e. The highest BCUT2D eigenvalue weighted by atomic mass is 19.1. The van der Waals surface area contributed by atoms with E-state index in [0.717, 1.165) is 6.42 Å². The van der Waals surface area contributed by atoms with Crippen LogP contribution in [0.1, 0.15) is 58.2 Å². The van der Waals surface area contributed by atoms with Crippen LogP contribution in [0, 0.1) is 18.6 Å². The molecule has 142 valence electrons. The normalized spacial score (nSPS) is 12.8. The third-order valence-electron chi connectivity index (χ3n) is 3.72. The number of halogens is 2. The van der Waals surface area contributed by atoms with Gasteiger partial charge in [-0.1, -0.05) is 6.92 Å². The zero-order chi connectivity index (χ0) is 19.2. The second-order valence-corrected chi connectivity index (χ2v) is 7.27. The Kier molecular flexibility index (Phi) is 7.80. The Bertz CT molecular complexity index is 586. The number of carbonyl (C=O) groups is 1. The number of nitrogens with zero attached hydrogens (tertiary/aromatic N) is 1. The van der Waals surface area contributed by atoms with Gasteiger partial charge in [-0.25, -0.2) is 13.6 Å². The monoisotopic (exact) mass is 356 g/mol. The van der Waals surface area contributed by atoms with Crippen molar-refractivity contribution < 1.29 is 18.3 Å². The maximum absolute atomic E-state index is 14.0. The number of aryl methyl sites for hydroxylation is 1. The van der Waals surface area contributed by atoms with E-state index in [-0.39, 0.29) is 23.3 Å². The molecule has 0 radical (unpaired) electrons. The molecule has 0 fully saturated rings. The molecule has 1 atom stereocenters. The van der Waals surface area contributed by atoms with Crippen LogP contribution in [0.5, 0.6) is 0 Å². The van der Waals surface area contributed by atoms with Crippen LogP contribution >= 0.6 is 0 Å². The van der Waals surface area contributed by atoms with E-state index in [1.54, 1.807) is 11.8 Å². The molecule has 1 aromatic carbocycles. The summed E-state index contributed by atoms with van der Waals surface area (Å²) < 4.78 is 33.1. The summed E-state index contributed by atoms with van der Waals surface area (Å²) in [4.78, 5) is 13.8. The topological polar surface area (TPSA) is 41.6 Å². The lowest BCUT2D eigenvalue weighted by molar-refractivity contribution is 0.0251. The molecule has 1 rings (SSSR count). The van der Waals surface area contributed by atoms with Gasteiger partial charge in [-0.05, 0) is 58.7 Å². The van der Waals surface area contributed by atoms with Gasteiger partial charge in [-0.15, -0.1) is 0 Å². The number of carbonyl (C=O) groups excluding carboxylic acids is 1. The number of hydrogen-bond acceptors (Lipinski definition) is 3. The van der Waals surface area contributed by atoms with Crippen LogP contribution in [0.4, 0.5) is 13.6 Å². The lowest BCUT2D eigenvalue weighted by Gasteiger charge is -2.27. The lowest BCUT2D eigenvalue weighted by Crippen LogP contribution is -2.41. The highest BCUT2D eigenvalue weighted by Gasteiger charge is 2.21. The van der Waals surface area contributed by atoms with E-state index < -0.39 is 17.2 Å². The van der Waals surface area contributed by atoms with Gasteiger partial charge in [0.2, 0.25) is 0 Å². The summed E-state index contributed by atoms with van der Waals surface area (Å²) in [6.45, 7) is 12.2. The molecule has 1 unspecified atom stereocenters. The van der Waals surface area contributed by atoms with Crippen LogP contribution in [-0.4, -0.2) is 36.2 Å². The summed E-state index contributed by atoms with van der Waals surface area (Å²) in [5.41, 5.74) is 0.0155. The highest BCUT2D eigenvalue weighted by molar-refractivity contribution is 5.68. The van der Waals surface area contributed by atoms with E-state index in [2.05, 4.69) is 5.32 Å². The average molecular weight is 356 g/mol. The van der Waals surface area contributed by atoms with Gasteiger partial charge in [0.15, 0.2) is 0 Å². The molecule has 0 heterocycles. The molecule has 0 saturated heterocycles. The first-order valence-corrected chi connectivity index (χ1v) is 8.72. The second kappa shape index (κ2) is 9.13. The maximum Gasteiger partial charge on any atom is 0.410 e. The first-order chi connectivity index (χ1) is 11.5. The Balaban J connectivity index is 2.63. The van der Waals surface area contributed by atoms with Crippen LogP contribution in [-0.2, 0) is 4.74 Å². The first kappa shape index (κ1) is 21.4. The molecule has 0 aliphatic carbocycles. The Morgan fingerprint density at radius 1 is 1.24 bits per heavy atom. The SMILES string of the molecule is CCCN(CCNC(C)c1cc(F)c(C)cc1F)C(=O)OC(C)(C)C. The molecule has 0 bridgehead atoms. The number of amides is 1. The van der Waals surface area contributed by atoms with Crippen molar-refractivity contribution >= 4 is 6.09 Å². The predicted molar refractivity (Wildman–Crippen MR) is 95.6 cm³/mol. The second-order valence-electron chi connectivity index (χ2n) is 7.27. The van der Waals surface area contributed by atoms with Crippen molar-refractivity contribution in [3.63, 3.8) is 0 Å². The third kappa shape index (κ3) is 6.98. The van der Waals surface area contributed by atoms with Crippen LogP contribution in [0.2, 0.25) is 0 Å². The van der Waals surface area contributed by atoms with E-state index in [1.165, 1.54) is 19.1 Å². The Labute approximate surface area is 149 Å². The van der Waals surface area contributed by atoms with E-state index in [4.69, 9.17) is 4.74 Å². The van der Waals surface area contributed by atoms with Gasteiger partial charge in [0.1, 0.15) is 17.2 Å². The summed E-state index contributed by atoms with van der Waals surface area (Å²) >= 11 is 0. The largest absolute Gasteiger partial charge is 0.444 e. The predicted octanol–water partition coefficient (Wildman–Crippen LogP) is 4.57. The summed E-state index contributed by atoms with van der Waals surface area (Å²) in [5, 5.41) is 3.14. The van der Waals surface area contributed by atoms with Crippen LogP contribution in [0.3, 0.4) is 0 Å². The van der Waals surface area contributed by atoms with E-state index >= 15 is 0 Å². The highest BCUT2D eigenvalue weighted by Crippen LogP contribution is 2.20. The van der Waals surface area contributed by atoms with Gasteiger partial charge in [0.05, 0.1) is 0 Å². The molecule has 25 heavy (non-hydrogen) atoms. The minimum Gasteiger partial charge on any atom is -0.444 e. The van der Waals surface area contributed by atoms with Crippen molar-refractivity contribution in [2.75, 3.05) is 19.6 Å². The maximum atomic E-state index is 14.0. The molecule has 1 aromatic rings. The zero-order valence-corrected chi connectivity index (χ0v) is 16.1. The first-order valence-electron chi connectivity index (χ1n) is 8.72. The molecule has 0 aliphatic heterocycles. The molecule has 4 nitrogen and oxygen atoms in total. The minimum atomic E-state index is -0.549. The van der Waals surface area contributed by atoms with Crippen molar-refractivity contribution in [1.82, 2.24) is 10.2 Å². The quantitative estimate of drug-likeness (QED) is 0.778. The average Bonchev–Trinajstić information content (AvgIpc) is 2.48. The lowest BCUT2D eigenvalue weighted by atomic mass is 10.1. The van der Waals surface area contributed by atoms with Crippen molar-refractivity contribution in [2.24, 2.45) is 0 Å². The van der Waals surface area contributed by atoms with E-state index in [1.807, 2.05) is 27.7 Å². The summed E-state index contributed by atoms with van der Waals surface area (Å²) in [7, 11) is 0. The summed E-state index contributed by atoms with van der Waals surface area (Å²) in [6, 6.07) is 2.06. The molecule has 0 spiro atoms. The molecule has 1 amide bonds. The van der Waals surface area contributed by atoms with Gasteiger partial charge in [0, 0.05) is 31.2 Å². The molecule has 0 aliphatic rings. The standard InChI is InChI=1S/C19H30F2N2O2/c1-7-9-23(18(24)25-19(4,5)6)10-8-22-14(3)15-12-16(20)13(2)11-17(15)21/h11-12,14,22H,7-10H2,1-6H3. The molecular weight excluding hydrogens is 326 g/mol. The van der Waals surface area contributed by atoms with Crippen LogP contribution in [0.25, 0.3) is 0 Å². The van der Waals surface area contributed by atoms with Gasteiger partial charge < -0.3 is 15.0 Å². The number of nitrogens with one attached hydrogen (secondary N) is 1. The van der Waals surface area contributed by atoms with Crippen molar-refractivity contribution in [2.45, 2.75) is 59.6 Å². The Morgan fingerprint density at radius 3 is 2.44 bits per heavy atom. The van der Waals surface area contributed by atoms with E-state index in [0.29, 0.717) is 19.6 Å². The molecule has 6 heteroatoms.